The van der Waals surface area contributed by atoms with Crippen LogP contribution in [0.15, 0.2) is 30.3 Å². The number of aromatic nitrogens is 1. The number of benzene rings is 2. The number of esters is 1. The lowest BCUT2D eigenvalue weighted by Gasteiger charge is -2.18. The highest BCUT2D eigenvalue weighted by Gasteiger charge is 2.23. The van der Waals surface area contributed by atoms with Crippen molar-refractivity contribution < 1.29 is 9.53 Å². The summed E-state index contributed by atoms with van der Waals surface area (Å²) in [7, 11) is 0. The monoisotopic (exact) mass is 402 g/mol. The minimum atomic E-state index is -0.510. The zero-order valence-electron chi connectivity index (χ0n) is 15.9. The average molecular weight is 403 g/mol. The summed E-state index contributed by atoms with van der Waals surface area (Å²) >= 11 is 7.54. The standard InChI is InChI=1S/C21H23ClN2O2S/c1-12-11-16-18(27-20(23)24-16)17(13-5-7-14(22)8-6-13)15(12)9-10-26-19(25)21(2,3)4/h5-8,11H,9-10H2,1-4H3,(H2,23,24). The number of anilines is 1. The molecular weight excluding hydrogens is 380 g/mol. The van der Waals surface area contributed by atoms with Gasteiger partial charge >= 0.3 is 5.97 Å². The minimum Gasteiger partial charge on any atom is -0.465 e. The molecule has 4 nitrogen and oxygen atoms in total. The van der Waals surface area contributed by atoms with E-state index in [4.69, 9.17) is 22.1 Å². The number of thiazole rings is 1. The first kappa shape index (κ1) is 19.6. The van der Waals surface area contributed by atoms with E-state index >= 15 is 0 Å². The number of ether oxygens (including phenoxy) is 1. The molecule has 3 aromatic rings. The van der Waals surface area contributed by atoms with Gasteiger partial charge in [0.05, 0.1) is 22.2 Å². The number of hydrogen-bond acceptors (Lipinski definition) is 5. The van der Waals surface area contributed by atoms with E-state index in [2.05, 4.69) is 11.9 Å². The molecule has 0 saturated heterocycles. The molecule has 2 aromatic carbocycles. The summed E-state index contributed by atoms with van der Waals surface area (Å²) < 4.78 is 6.54. The van der Waals surface area contributed by atoms with Gasteiger partial charge in [0.15, 0.2) is 5.13 Å². The highest BCUT2D eigenvalue weighted by molar-refractivity contribution is 7.22. The zero-order valence-corrected chi connectivity index (χ0v) is 17.5. The van der Waals surface area contributed by atoms with Crippen LogP contribution in [0.25, 0.3) is 21.3 Å². The molecule has 1 aromatic heterocycles. The lowest BCUT2D eigenvalue weighted by atomic mass is 9.93. The van der Waals surface area contributed by atoms with Gasteiger partial charge in [-0.15, -0.1) is 0 Å². The molecular formula is C21H23ClN2O2S. The van der Waals surface area contributed by atoms with Crippen LogP contribution in [-0.2, 0) is 16.0 Å². The first-order valence-corrected chi connectivity index (χ1v) is 9.98. The predicted molar refractivity (Wildman–Crippen MR) is 113 cm³/mol. The van der Waals surface area contributed by atoms with Crippen LogP contribution in [0.5, 0.6) is 0 Å². The molecule has 0 bridgehead atoms. The van der Waals surface area contributed by atoms with Crippen molar-refractivity contribution in [3.8, 4) is 11.1 Å². The summed E-state index contributed by atoms with van der Waals surface area (Å²) in [5.41, 5.74) is 10.7. The molecule has 0 saturated carbocycles. The molecule has 0 fully saturated rings. The van der Waals surface area contributed by atoms with Gasteiger partial charge in [0.25, 0.3) is 0 Å². The summed E-state index contributed by atoms with van der Waals surface area (Å²) in [6.45, 7) is 7.94. The van der Waals surface area contributed by atoms with Gasteiger partial charge in [-0.05, 0) is 62.6 Å². The third-order valence-corrected chi connectivity index (χ3v) is 5.53. The van der Waals surface area contributed by atoms with Crippen molar-refractivity contribution in [3.05, 3.63) is 46.5 Å². The number of hydrogen-bond donors (Lipinski definition) is 1. The van der Waals surface area contributed by atoms with Gasteiger partial charge in [-0.1, -0.05) is 35.1 Å². The fourth-order valence-electron chi connectivity index (χ4n) is 2.96. The summed E-state index contributed by atoms with van der Waals surface area (Å²) in [6, 6.07) is 9.79. The van der Waals surface area contributed by atoms with Crippen molar-refractivity contribution in [2.45, 2.75) is 34.1 Å². The van der Waals surface area contributed by atoms with Crippen molar-refractivity contribution in [2.75, 3.05) is 12.3 Å². The third kappa shape index (κ3) is 4.25. The summed E-state index contributed by atoms with van der Waals surface area (Å²) in [4.78, 5) is 16.5. The molecule has 3 rings (SSSR count). The van der Waals surface area contributed by atoms with Gasteiger partial charge in [-0.25, -0.2) is 4.98 Å². The minimum absolute atomic E-state index is 0.198. The van der Waals surface area contributed by atoms with Crippen LogP contribution >= 0.6 is 22.9 Å². The van der Waals surface area contributed by atoms with Gasteiger partial charge < -0.3 is 10.5 Å². The fourth-order valence-corrected chi connectivity index (χ4v) is 3.99. The van der Waals surface area contributed by atoms with Crippen molar-refractivity contribution >= 4 is 44.3 Å². The molecule has 0 atom stereocenters. The van der Waals surface area contributed by atoms with Crippen molar-refractivity contribution in [3.63, 3.8) is 0 Å². The summed E-state index contributed by atoms with van der Waals surface area (Å²) in [6.07, 6.45) is 0.624. The molecule has 0 aliphatic rings. The van der Waals surface area contributed by atoms with Gasteiger partial charge in [0.1, 0.15) is 0 Å². The van der Waals surface area contributed by atoms with Crippen LogP contribution in [0.1, 0.15) is 31.9 Å². The number of nitrogens with zero attached hydrogens (tertiary/aromatic N) is 1. The van der Waals surface area contributed by atoms with Gasteiger partial charge in [-0.2, -0.15) is 0 Å². The van der Waals surface area contributed by atoms with Gasteiger partial charge in [0, 0.05) is 17.0 Å². The Morgan fingerprint density at radius 3 is 2.56 bits per heavy atom. The number of nitrogens with two attached hydrogens (primary N) is 1. The summed E-state index contributed by atoms with van der Waals surface area (Å²) in [5, 5.41) is 1.23. The number of carbonyl (C=O) groups excluding carboxylic acids is 1. The zero-order chi connectivity index (χ0) is 19.8. The Kier molecular flexibility index (Phi) is 5.45. The Balaban J connectivity index is 2.03. The first-order chi connectivity index (χ1) is 12.7. The fraction of sp³-hybridized carbons (Fsp3) is 0.333. The Morgan fingerprint density at radius 2 is 1.93 bits per heavy atom. The van der Waals surface area contributed by atoms with Gasteiger partial charge in [0.2, 0.25) is 0 Å². The molecule has 0 spiro atoms. The number of nitrogen functional groups attached to an aromatic ring is 1. The van der Waals surface area contributed by atoms with Crippen molar-refractivity contribution in [1.29, 1.82) is 0 Å². The molecule has 0 aliphatic carbocycles. The molecule has 27 heavy (non-hydrogen) atoms. The van der Waals surface area contributed by atoms with E-state index in [0.717, 1.165) is 32.5 Å². The smallest absolute Gasteiger partial charge is 0.311 e. The lowest BCUT2D eigenvalue weighted by molar-refractivity contribution is -0.152. The molecule has 0 radical (unpaired) electrons. The SMILES string of the molecule is Cc1cc2nc(N)sc2c(-c2ccc(Cl)cc2)c1CCOC(=O)C(C)(C)C. The topological polar surface area (TPSA) is 65.2 Å². The Hall–Kier alpha value is -2.11. The van der Waals surface area contributed by atoms with E-state index in [1.54, 1.807) is 0 Å². The molecule has 142 valence electrons. The van der Waals surface area contributed by atoms with E-state index in [9.17, 15) is 4.79 Å². The van der Waals surface area contributed by atoms with E-state index in [1.165, 1.54) is 11.3 Å². The Bertz CT molecular complexity index is 988. The molecule has 0 unspecified atom stereocenters. The van der Waals surface area contributed by atoms with Crippen LogP contribution in [0, 0.1) is 12.3 Å². The van der Waals surface area contributed by atoms with Crippen molar-refractivity contribution in [2.24, 2.45) is 5.41 Å². The predicted octanol–water partition coefficient (Wildman–Crippen LogP) is 5.64. The maximum absolute atomic E-state index is 12.1. The van der Waals surface area contributed by atoms with E-state index in [1.807, 2.05) is 51.1 Å². The van der Waals surface area contributed by atoms with E-state index in [0.29, 0.717) is 23.2 Å². The molecule has 2 N–H and O–H groups in total. The van der Waals surface area contributed by atoms with Crippen LogP contribution in [0.2, 0.25) is 5.02 Å². The highest BCUT2D eigenvalue weighted by atomic mass is 35.5. The maximum Gasteiger partial charge on any atom is 0.311 e. The Labute approximate surface area is 168 Å². The largest absolute Gasteiger partial charge is 0.465 e. The number of carbonyl (C=O) groups is 1. The first-order valence-electron chi connectivity index (χ1n) is 8.78. The second kappa shape index (κ2) is 7.49. The number of halogens is 1. The molecule has 1 heterocycles. The number of rotatable bonds is 4. The second-order valence-corrected chi connectivity index (χ2v) is 9.06. The van der Waals surface area contributed by atoms with Crippen LogP contribution in [-0.4, -0.2) is 17.6 Å². The maximum atomic E-state index is 12.1. The van der Waals surface area contributed by atoms with Crippen molar-refractivity contribution in [1.82, 2.24) is 4.98 Å². The Morgan fingerprint density at radius 1 is 1.26 bits per heavy atom. The normalized spacial score (nSPS) is 11.7. The average Bonchev–Trinajstić information content (AvgIpc) is 2.94. The second-order valence-electron chi connectivity index (χ2n) is 7.59. The summed E-state index contributed by atoms with van der Waals surface area (Å²) in [5.74, 6) is -0.198. The van der Waals surface area contributed by atoms with E-state index in [-0.39, 0.29) is 5.97 Å². The number of aryl methyl sites for hydroxylation is 1. The third-order valence-electron chi connectivity index (χ3n) is 4.36. The molecule has 0 aliphatic heterocycles. The van der Waals surface area contributed by atoms with Crippen LogP contribution in [0.4, 0.5) is 5.13 Å². The van der Waals surface area contributed by atoms with Crippen LogP contribution in [0.3, 0.4) is 0 Å². The molecule has 6 heteroatoms. The number of fused-ring (bicyclic) bond motifs is 1. The van der Waals surface area contributed by atoms with Crippen LogP contribution < -0.4 is 5.73 Å². The molecule has 0 amide bonds. The van der Waals surface area contributed by atoms with E-state index < -0.39 is 5.41 Å². The highest BCUT2D eigenvalue weighted by Crippen LogP contribution is 2.39. The van der Waals surface area contributed by atoms with Gasteiger partial charge in [-0.3, -0.25) is 4.79 Å². The lowest BCUT2D eigenvalue weighted by Crippen LogP contribution is -2.23. The quantitative estimate of drug-likeness (QED) is 0.573.